The van der Waals surface area contributed by atoms with Gasteiger partial charge in [-0.1, -0.05) is 31.4 Å². The lowest BCUT2D eigenvalue weighted by Crippen LogP contribution is -2.57. The Morgan fingerprint density at radius 1 is 1.34 bits per heavy atom. The summed E-state index contributed by atoms with van der Waals surface area (Å²) in [6.45, 7) is 8.84. The van der Waals surface area contributed by atoms with Gasteiger partial charge in [0.05, 0.1) is 18.0 Å². The molecule has 3 rings (SSSR count). The van der Waals surface area contributed by atoms with E-state index in [9.17, 15) is 10.4 Å². The highest BCUT2D eigenvalue weighted by Gasteiger charge is 2.47. The third kappa shape index (κ3) is 5.60. The van der Waals surface area contributed by atoms with Gasteiger partial charge in [0, 0.05) is 31.1 Å². The standard InChI is InChI=1S/C25H34N6O/c1-5-20(31-13-7-6-8-14-31)10-9-18(2)11-12-27-24-28-17-19(16-26)23(30-24)29-21-15-22(32)25(21,3)4/h1,9-10,17,21-22,32H,6-8,11-15H2,2-4H3,(H2,27,28,29,30)/b18-9+,20-10+/t21-,22+/m1/s1. The van der Waals surface area contributed by atoms with E-state index in [0.29, 0.717) is 30.3 Å². The van der Waals surface area contributed by atoms with Gasteiger partial charge < -0.3 is 20.6 Å². The molecular formula is C25H34N6O. The summed E-state index contributed by atoms with van der Waals surface area (Å²) in [4.78, 5) is 11.0. The first kappa shape index (κ1) is 23.6. The number of anilines is 2. The minimum absolute atomic E-state index is 0.0644. The number of nitrogens with zero attached hydrogens (tertiary/aromatic N) is 4. The number of allylic oxidation sites excluding steroid dienone is 3. The SMILES string of the molecule is C#C/C(=C\C=C(/C)CCNc1ncc(C#N)c(N[C@@H]2C[C@H](O)C2(C)C)n1)N1CCCCC1. The first-order chi connectivity index (χ1) is 15.3. The van der Waals surface area contributed by atoms with E-state index >= 15 is 0 Å². The van der Waals surface area contributed by atoms with Gasteiger partial charge in [-0.25, -0.2) is 4.98 Å². The first-order valence-corrected chi connectivity index (χ1v) is 11.4. The van der Waals surface area contributed by atoms with E-state index in [1.807, 2.05) is 19.9 Å². The molecule has 1 saturated carbocycles. The molecule has 7 heteroatoms. The van der Waals surface area contributed by atoms with E-state index in [0.717, 1.165) is 25.2 Å². The van der Waals surface area contributed by atoms with Crippen molar-refractivity contribution >= 4 is 11.8 Å². The van der Waals surface area contributed by atoms with Crippen LogP contribution in [0.15, 0.2) is 29.6 Å². The summed E-state index contributed by atoms with van der Waals surface area (Å²) in [5.74, 6) is 3.80. The number of likely N-dealkylation sites (tertiary alicyclic amines) is 1. The quantitative estimate of drug-likeness (QED) is 0.424. The van der Waals surface area contributed by atoms with Gasteiger partial charge in [-0.15, -0.1) is 6.42 Å². The largest absolute Gasteiger partial charge is 0.392 e. The van der Waals surface area contributed by atoms with E-state index in [2.05, 4.69) is 50.5 Å². The van der Waals surface area contributed by atoms with Gasteiger partial charge in [-0.2, -0.15) is 10.2 Å². The van der Waals surface area contributed by atoms with Crippen LogP contribution in [0.2, 0.25) is 0 Å². The highest BCUT2D eigenvalue weighted by Crippen LogP contribution is 2.42. The molecule has 0 unspecified atom stereocenters. The minimum Gasteiger partial charge on any atom is -0.392 e. The van der Waals surface area contributed by atoms with Gasteiger partial charge in [-0.05, 0) is 45.1 Å². The molecule has 32 heavy (non-hydrogen) atoms. The fourth-order valence-electron chi connectivity index (χ4n) is 4.03. The Labute approximate surface area is 191 Å². The molecule has 2 atom stereocenters. The first-order valence-electron chi connectivity index (χ1n) is 11.4. The lowest BCUT2D eigenvalue weighted by Gasteiger charge is -2.49. The number of nitriles is 1. The van der Waals surface area contributed by atoms with E-state index in [1.54, 1.807) is 0 Å². The van der Waals surface area contributed by atoms with Crippen molar-refractivity contribution in [1.29, 1.82) is 5.26 Å². The van der Waals surface area contributed by atoms with Crippen LogP contribution in [0.1, 0.15) is 58.4 Å². The van der Waals surface area contributed by atoms with Crippen LogP contribution in [-0.2, 0) is 0 Å². The Hall–Kier alpha value is -3.03. The molecule has 3 N–H and O–H groups in total. The van der Waals surface area contributed by atoms with Crippen LogP contribution in [0.3, 0.4) is 0 Å². The molecule has 0 spiro atoms. The van der Waals surface area contributed by atoms with Crippen molar-refractivity contribution in [2.24, 2.45) is 5.41 Å². The second kappa shape index (κ2) is 10.5. The fourth-order valence-corrected chi connectivity index (χ4v) is 4.03. The normalized spacial score (nSPS) is 23.0. The van der Waals surface area contributed by atoms with Gasteiger partial charge in [0.15, 0.2) is 0 Å². The van der Waals surface area contributed by atoms with Crippen molar-refractivity contribution in [3.05, 3.63) is 35.2 Å². The Morgan fingerprint density at radius 3 is 2.72 bits per heavy atom. The van der Waals surface area contributed by atoms with Crippen LogP contribution in [0.4, 0.5) is 11.8 Å². The summed E-state index contributed by atoms with van der Waals surface area (Å²) in [7, 11) is 0. The Morgan fingerprint density at radius 2 is 2.09 bits per heavy atom. The number of aromatic nitrogens is 2. The third-order valence-electron chi connectivity index (χ3n) is 6.61. The average molecular weight is 435 g/mol. The highest BCUT2D eigenvalue weighted by molar-refractivity contribution is 5.54. The topological polar surface area (TPSA) is 97.1 Å². The second-order valence-corrected chi connectivity index (χ2v) is 9.27. The number of hydrogen-bond acceptors (Lipinski definition) is 7. The number of nitrogens with one attached hydrogen (secondary N) is 2. The lowest BCUT2D eigenvalue weighted by atomic mass is 9.64. The van der Waals surface area contributed by atoms with E-state index in [4.69, 9.17) is 6.42 Å². The molecule has 2 fully saturated rings. The van der Waals surface area contributed by atoms with Crippen molar-refractivity contribution in [3.8, 4) is 18.4 Å². The molecule has 2 heterocycles. The van der Waals surface area contributed by atoms with Crippen LogP contribution >= 0.6 is 0 Å². The zero-order valence-electron chi connectivity index (χ0n) is 19.4. The molecule has 1 aliphatic carbocycles. The maximum Gasteiger partial charge on any atom is 0.224 e. The number of terminal acetylenes is 1. The molecule has 7 nitrogen and oxygen atoms in total. The van der Waals surface area contributed by atoms with E-state index in [1.165, 1.54) is 31.0 Å². The molecule has 1 aromatic heterocycles. The molecular weight excluding hydrogens is 400 g/mol. The van der Waals surface area contributed by atoms with Gasteiger partial charge in [0.2, 0.25) is 5.95 Å². The molecule has 0 amide bonds. The smallest absolute Gasteiger partial charge is 0.224 e. The third-order valence-corrected chi connectivity index (χ3v) is 6.61. The van der Waals surface area contributed by atoms with Crippen molar-refractivity contribution in [2.75, 3.05) is 30.3 Å². The van der Waals surface area contributed by atoms with Crippen molar-refractivity contribution in [1.82, 2.24) is 14.9 Å². The fraction of sp³-hybridized carbons (Fsp3) is 0.560. The molecule has 1 saturated heterocycles. The number of aliphatic hydroxyl groups excluding tert-OH is 1. The maximum absolute atomic E-state index is 9.97. The van der Waals surface area contributed by atoms with E-state index < -0.39 is 0 Å². The monoisotopic (exact) mass is 434 g/mol. The summed E-state index contributed by atoms with van der Waals surface area (Å²) in [5.41, 5.74) is 2.30. The molecule has 0 radical (unpaired) electrons. The van der Waals surface area contributed by atoms with Crippen LogP contribution in [0, 0.1) is 29.1 Å². The molecule has 2 aliphatic rings. The van der Waals surface area contributed by atoms with Crippen LogP contribution in [0.25, 0.3) is 0 Å². The van der Waals surface area contributed by atoms with Crippen LogP contribution < -0.4 is 10.6 Å². The van der Waals surface area contributed by atoms with Crippen molar-refractivity contribution < 1.29 is 5.11 Å². The van der Waals surface area contributed by atoms with Crippen molar-refractivity contribution in [2.45, 2.75) is 65.0 Å². The summed E-state index contributed by atoms with van der Waals surface area (Å²) in [6, 6.07) is 2.20. The predicted octanol–water partition coefficient (Wildman–Crippen LogP) is 3.67. The molecule has 0 aromatic carbocycles. The maximum atomic E-state index is 9.97. The lowest BCUT2D eigenvalue weighted by molar-refractivity contribution is -0.0511. The number of aliphatic hydroxyl groups is 1. The van der Waals surface area contributed by atoms with Gasteiger partial charge in [0.1, 0.15) is 17.5 Å². The summed E-state index contributed by atoms with van der Waals surface area (Å²) >= 11 is 0. The molecule has 170 valence electrons. The van der Waals surface area contributed by atoms with Crippen LogP contribution in [0.5, 0.6) is 0 Å². The Balaban J connectivity index is 1.56. The van der Waals surface area contributed by atoms with Gasteiger partial charge >= 0.3 is 0 Å². The number of rotatable bonds is 8. The predicted molar refractivity (Wildman–Crippen MR) is 128 cm³/mol. The zero-order chi connectivity index (χ0) is 23.1. The molecule has 0 bridgehead atoms. The Bertz CT molecular complexity index is 946. The van der Waals surface area contributed by atoms with Crippen LogP contribution in [-0.4, -0.2) is 51.8 Å². The number of piperidine rings is 1. The number of hydrogen-bond donors (Lipinski definition) is 3. The summed E-state index contributed by atoms with van der Waals surface area (Å²) in [5, 5.41) is 25.9. The van der Waals surface area contributed by atoms with Gasteiger partial charge in [-0.3, -0.25) is 0 Å². The van der Waals surface area contributed by atoms with E-state index in [-0.39, 0.29) is 17.6 Å². The summed E-state index contributed by atoms with van der Waals surface area (Å²) in [6.07, 6.45) is 16.2. The molecule has 1 aromatic rings. The van der Waals surface area contributed by atoms with Gasteiger partial charge in [0.25, 0.3) is 0 Å². The average Bonchev–Trinajstić information content (AvgIpc) is 2.80. The minimum atomic E-state index is -0.348. The Kier molecular flexibility index (Phi) is 7.77. The highest BCUT2D eigenvalue weighted by atomic mass is 16.3. The van der Waals surface area contributed by atoms with Crippen molar-refractivity contribution in [3.63, 3.8) is 0 Å². The molecule has 1 aliphatic heterocycles. The summed E-state index contributed by atoms with van der Waals surface area (Å²) < 4.78 is 0. The second-order valence-electron chi connectivity index (χ2n) is 9.27. The zero-order valence-corrected chi connectivity index (χ0v) is 19.4.